The number of rotatable bonds is 6. The second-order valence-electron chi connectivity index (χ2n) is 8.13. The Morgan fingerprint density at radius 3 is 2.66 bits per heavy atom. The first-order valence-corrected chi connectivity index (χ1v) is 12.4. The summed E-state index contributed by atoms with van der Waals surface area (Å²) < 4.78 is 26.7. The van der Waals surface area contributed by atoms with Crippen LogP contribution in [-0.4, -0.2) is 80.0 Å². The molecule has 2 aliphatic rings. The fourth-order valence-corrected chi connectivity index (χ4v) is 4.93. The SMILES string of the molecule is CCNC(=NCC1CCN(S(C)(=O)=O)CC1)NC1CCCN(c2cnn(C)c2)C1. The summed E-state index contributed by atoms with van der Waals surface area (Å²) in [5, 5.41) is 11.2. The fourth-order valence-electron chi connectivity index (χ4n) is 4.06. The lowest BCUT2D eigenvalue weighted by Crippen LogP contribution is -2.51. The van der Waals surface area contributed by atoms with Crippen LogP contribution >= 0.6 is 0 Å². The average molecular weight is 426 g/mol. The van der Waals surface area contributed by atoms with Gasteiger partial charge < -0.3 is 15.5 Å². The smallest absolute Gasteiger partial charge is 0.211 e. The Morgan fingerprint density at radius 1 is 1.28 bits per heavy atom. The van der Waals surface area contributed by atoms with Crippen LogP contribution < -0.4 is 15.5 Å². The van der Waals surface area contributed by atoms with Crippen molar-refractivity contribution in [2.45, 2.75) is 38.6 Å². The number of nitrogens with zero attached hydrogens (tertiary/aromatic N) is 5. The number of hydrogen-bond acceptors (Lipinski definition) is 5. The van der Waals surface area contributed by atoms with Crippen molar-refractivity contribution in [2.75, 3.05) is 50.4 Å². The summed E-state index contributed by atoms with van der Waals surface area (Å²) in [6.07, 6.45) is 9.26. The molecule has 0 saturated carbocycles. The van der Waals surface area contributed by atoms with E-state index in [1.807, 2.05) is 17.9 Å². The van der Waals surface area contributed by atoms with Crippen molar-refractivity contribution < 1.29 is 8.42 Å². The second kappa shape index (κ2) is 9.80. The standard InChI is InChI=1S/C19H35N7O2S/c1-4-20-19(21-12-16-7-10-26(11-8-16)29(3,27)28)23-17-6-5-9-25(14-17)18-13-22-24(2)15-18/h13,15-17H,4-12,14H2,1-3H3,(H2,20,21,23). The fraction of sp³-hybridized carbons (Fsp3) is 0.789. The molecule has 0 spiro atoms. The van der Waals surface area contributed by atoms with Gasteiger partial charge >= 0.3 is 0 Å². The number of aryl methyl sites for hydroxylation is 1. The van der Waals surface area contributed by atoms with E-state index in [9.17, 15) is 8.42 Å². The van der Waals surface area contributed by atoms with Gasteiger partial charge in [-0.2, -0.15) is 5.10 Å². The van der Waals surface area contributed by atoms with Crippen molar-refractivity contribution in [3.05, 3.63) is 12.4 Å². The minimum absolute atomic E-state index is 0.342. The zero-order valence-corrected chi connectivity index (χ0v) is 18.7. The third-order valence-corrected chi connectivity index (χ3v) is 7.02. The monoisotopic (exact) mass is 425 g/mol. The number of aromatic nitrogens is 2. The van der Waals surface area contributed by atoms with E-state index in [1.54, 1.807) is 4.31 Å². The largest absolute Gasteiger partial charge is 0.367 e. The molecular formula is C19H35N7O2S. The van der Waals surface area contributed by atoms with Crippen molar-refractivity contribution in [3.8, 4) is 0 Å². The van der Waals surface area contributed by atoms with Gasteiger partial charge in [0.2, 0.25) is 10.0 Å². The molecule has 1 unspecified atom stereocenters. The molecular weight excluding hydrogens is 390 g/mol. The van der Waals surface area contributed by atoms with Crippen molar-refractivity contribution in [1.82, 2.24) is 24.7 Å². The van der Waals surface area contributed by atoms with Gasteiger partial charge in [0.05, 0.1) is 18.1 Å². The Kier molecular flexibility index (Phi) is 7.39. The molecule has 0 aromatic carbocycles. The number of piperidine rings is 2. The van der Waals surface area contributed by atoms with Gasteiger partial charge in [-0.05, 0) is 38.5 Å². The molecule has 10 heteroatoms. The summed E-state index contributed by atoms with van der Waals surface area (Å²) in [7, 11) is -1.13. The number of aliphatic imine (C=N–C) groups is 1. The second-order valence-corrected chi connectivity index (χ2v) is 10.1. The quantitative estimate of drug-likeness (QED) is 0.512. The summed E-state index contributed by atoms with van der Waals surface area (Å²) in [4.78, 5) is 7.19. The summed E-state index contributed by atoms with van der Waals surface area (Å²) in [5.74, 6) is 1.29. The van der Waals surface area contributed by atoms with E-state index in [0.29, 0.717) is 25.0 Å². The average Bonchev–Trinajstić information content (AvgIpc) is 3.13. The molecule has 3 heterocycles. The molecule has 9 nitrogen and oxygen atoms in total. The topological polar surface area (TPSA) is 94.9 Å². The van der Waals surface area contributed by atoms with Gasteiger partial charge in [-0.3, -0.25) is 9.67 Å². The number of hydrogen-bond donors (Lipinski definition) is 2. The lowest BCUT2D eigenvalue weighted by molar-refractivity contribution is 0.280. The minimum Gasteiger partial charge on any atom is -0.367 e. The van der Waals surface area contributed by atoms with Crippen LogP contribution in [0, 0.1) is 5.92 Å². The Morgan fingerprint density at radius 2 is 2.03 bits per heavy atom. The van der Waals surface area contributed by atoms with Crippen LogP contribution in [0.5, 0.6) is 0 Å². The van der Waals surface area contributed by atoms with Gasteiger partial charge in [0.1, 0.15) is 0 Å². The van der Waals surface area contributed by atoms with Crippen LogP contribution in [0.2, 0.25) is 0 Å². The van der Waals surface area contributed by atoms with Crippen LogP contribution in [-0.2, 0) is 17.1 Å². The molecule has 164 valence electrons. The highest BCUT2D eigenvalue weighted by Crippen LogP contribution is 2.20. The molecule has 1 atom stereocenters. The van der Waals surface area contributed by atoms with E-state index < -0.39 is 10.0 Å². The summed E-state index contributed by atoms with van der Waals surface area (Å²) in [6, 6.07) is 0.342. The highest BCUT2D eigenvalue weighted by molar-refractivity contribution is 7.88. The molecule has 2 aliphatic heterocycles. The van der Waals surface area contributed by atoms with Crippen LogP contribution in [0.25, 0.3) is 0 Å². The van der Waals surface area contributed by atoms with E-state index >= 15 is 0 Å². The lowest BCUT2D eigenvalue weighted by Gasteiger charge is -2.34. The highest BCUT2D eigenvalue weighted by Gasteiger charge is 2.25. The maximum absolute atomic E-state index is 11.7. The number of guanidine groups is 1. The van der Waals surface area contributed by atoms with Crippen LogP contribution in [0.3, 0.4) is 0 Å². The molecule has 0 radical (unpaired) electrons. The van der Waals surface area contributed by atoms with Crippen molar-refractivity contribution >= 4 is 21.7 Å². The molecule has 0 bridgehead atoms. The van der Waals surface area contributed by atoms with Crippen LogP contribution in [0.4, 0.5) is 5.69 Å². The van der Waals surface area contributed by atoms with Gasteiger partial charge in [-0.25, -0.2) is 12.7 Å². The molecule has 2 N–H and O–H groups in total. The van der Waals surface area contributed by atoms with Gasteiger partial charge in [0.25, 0.3) is 0 Å². The number of nitrogens with one attached hydrogen (secondary N) is 2. The van der Waals surface area contributed by atoms with Crippen molar-refractivity contribution in [3.63, 3.8) is 0 Å². The summed E-state index contributed by atoms with van der Waals surface area (Å²) >= 11 is 0. The molecule has 1 aromatic heterocycles. The van der Waals surface area contributed by atoms with E-state index in [0.717, 1.165) is 57.8 Å². The van der Waals surface area contributed by atoms with Crippen molar-refractivity contribution in [2.24, 2.45) is 18.0 Å². The van der Waals surface area contributed by atoms with Gasteiger partial charge in [-0.1, -0.05) is 0 Å². The molecule has 29 heavy (non-hydrogen) atoms. The first-order valence-electron chi connectivity index (χ1n) is 10.6. The Balaban J connectivity index is 1.52. The summed E-state index contributed by atoms with van der Waals surface area (Å²) in [6.45, 7) is 6.81. The van der Waals surface area contributed by atoms with Gasteiger partial charge in [0, 0.05) is 58.6 Å². The number of anilines is 1. The molecule has 2 saturated heterocycles. The third-order valence-electron chi connectivity index (χ3n) is 5.71. The normalized spacial score (nSPS) is 22.7. The molecule has 0 amide bonds. The van der Waals surface area contributed by atoms with E-state index in [1.165, 1.54) is 11.9 Å². The van der Waals surface area contributed by atoms with Crippen molar-refractivity contribution in [1.29, 1.82) is 0 Å². The maximum Gasteiger partial charge on any atom is 0.211 e. The molecule has 2 fully saturated rings. The predicted molar refractivity (Wildman–Crippen MR) is 117 cm³/mol. The first-order chi connectivity index (χ1) is 13.8. The van der Waals surface area contributed by atoms with E-state index in [2.05, 4.69) is 33.8 Å². The summed E-state index contributed by atoms with van der Waals surface area (Å²) in [5.41, 5.74) is 1.17. The van der Waals surface area contributed by atoms with E-state index in [-0.39, 0.29) is 0 Å². The highest BCUT2D eigenvalue weighted by atomic mass is 32.2. The molecule has 1 aromatic rings. The molecule has 0 aliphatic carbocycles. The first kappa shape index (κ1) is 21.9. The minimum atomic E-state index is -3.07. The Bertz CT molecular complexity index is 784. The third kappa shape index (κ3) is 6.33. The lowest BCUT2D eigenvalue weighted by atomic mass is 9.98. The zero-order valence-electron chi connectivity index (χ0n) is 17.8. The van der Waals surface area contributed by atoms with Gasteiger partial charge in [0.15, 0.2) is 5.96 Å². The van der Waals surface area contributed by atoms with Crippen LogP contribution in [0.1, 0.15) is 32.6 Å². The molecule has 3 rings (SSSR count). The van der Waals surface area contributed by atoms with Gasteiger partial charge in [-0.15, -0.1) is 0 Å². The number of sulfonamides is 1. The Labute approximate surface area is 174 Å². The zero-order chi connectivity index (χ0) is 20.9. The van der Waals surface area contributed by atoms with Crippen LogP contribution in [0.15, 0.2) is 17.4 Å². The Hall–Kier alpha value is -1.81. The van der Waals surface area contributed by atoms with E-state index in [4.69, 9.17) is 4.99 Å². The maximum atomic E-state index is 11.7. The predicted octanol–water partition coefficient (Wildman–Crippen LogP) is 0.616.